The van der Waals surface area contributed by atoms with E-state index in [2.05, 4.69) is 4.98 Å². The van der Waals surface area contributed by atoms with Gasteiger partial charge < -0.3 is 21.6 Å². The lowest BCUT2D eigenvalue weighted by molar-refractivity contribution is 0.0994. The molecule has 7 nitrogen and oxygen atoms in total. The Balaban J connectivity index is 2.68. The molecule has 114 valence electrons. The van der Waals surface area contributed by atoms with Crippen molar-refractivity contribution in [3.05, 3.63) is 62.8 Å². The highest BCUT2D eigenvalue weighted by Crippen LogP contribution is 2.22. The zero-order chi connectivity index (χ0) is 16.4. The summed E-state index contributed by atoms with van der Waals surface area (Å²) in [5.41, 5.74) is 8.98. The molecule has 2 amide bonds. The van der Waals surface area contributed by atoms with Gasteiger partial charge in [0.25, 0.3) is 17.4 Å². The molecule has 6 N–H and O–H groups in total. The molecule has 8 heteroatoms. The first-order valence-electron chi connectivity index (χ1n) is 6.13. The Kier molecular flexibility index (Phi) is 3.93. The van der Waals surface area contributed by atoms with Crippen LogP contribution in [-0.4, -0.2) is 21.9 Å². The van der Waals surface area contributed by atoms with Crippen molar-refractivity contribution >= 4 is 11.8 Å². The number of pyridine rings is 1. The van der Waals surface area contributed by atoms with E-state index in [1.54, 1.807) is 0 Å². The van der Waals surface area contributed by atoms with Gasteiger partial charge in [-0.3, -0.25) is 14.4 Å². The molecule has 0 spiro atoms. The molecule has 0 fully saturated rings. The maximum atomic E-state index is 12.9. The molecule has 1 heterocycles. The van der Waals surface area contributed by atoms with E-state index in [1.165, 1.54) is 24.3 Å². The normalized spacial score (nSPS) is 10.4. The lowest BCUT2D eigenvalue weighted by Gasteiger charge is -2.12. The van der Waals surface area contributed by atoms with E-state index in [0.717, 1.165) is 0 Å². The first-order valence-corrected chi connectivity index (χ1v) is 6.13. The van der Waals surface area contributed by atoms with Crippen molar-refractivity contribution in [2.75, 3.05) is 0 Å². The molecular formula is C14H12FN3O4. The van der Waals surface area contributed by atoms with Crippen molar-refractivity contribution < 1.29 is 19.1 Å². The maximum absolute atomic E-state index is 12.9. The van der Waals surface area contributed by atoms with Gasteiger partial charge in [-0.15, -0.1) is 0 Å². The number of H-pyrrole nitrogens is 1. The van der Waals surface area contributed by atoms with Crippen LogP contribution in [0.5, 0.6) is 5.75 Å². The van der Waals surface area contributed by atoms with Crippen molar-refractivity contribution in [3.63, 3.8) is 0 Å². The van der Waals surface area contributed by atoms with E-state index in [9.17, 15) is 23.9 Å². The van der Waals surface area contributed by atoms with Gasteiger partial charge in [0.1, 0.15) is 11.5 Å². The van der Waals surface area contributed by atoms with Gasteiger partial charge in [-0.2, -0.15) is 0 Å². The van der Waals surface area contributed by atoms with Gasteiger partial charge in [0.05, 0.1) is 5.56 Å². The van der Waals surface area contributed by atoms with Gasteiger partial charge in [-0.25, -0.2) is 4.39 Å². The van der Waals surface area contributed by atoms with Crippen molar-refractivity contribution in [3.8, 4) is 5.75 Å². The third-order valence-corrected chi connectivity index (χ3v) is 3.08. The van der Waals surface area contributed by atoms with E-state index in [-0.39, 0.29) is 17.7 Å². The summed E-state index contributed by atoms with van der Waals surface area (Å²) in [6.07, 6.45) is -0.0544. The molecule has 0 radical (unpaired) electrons. The Bertz CT molecular complexity index is 812. The lowest BCUT2D eigenvalue weighted by atomic mass is 9.97. The highest BCUT2D eigenvalue weighted by molar-refractivity contribution is 6.01. The lowest BCUT2D eigenvalue weighted by Crippen LogP contribution is -2.27. The smallest absolute Gasteiger partial charge is 0.291 e. The minimum absolute atomic E-state index is 0.0243. The Hall–Kier alpha value is -3.16. The summed E-state index contributed by atoms with van der Waals surface area (Å²) in [6, 6.07) is 5.23. The predicted molar refractivity (Wildman–Crippen MR) is 75.0 cm³/mol. The van der Waals surface area contributed by atoms with Crippen molar-refractivity contribution in [2.24, 2.45) is 11.5 Å². The fraction of sp³-hybridized carbons (Fsp3) is 0.0714. The molecule has 2 aromatic rings. The molecule has 1 aromatic carbocycles. The van der Waals surface area contributed by atoms with E-state index in [0.29, 0.717) is 5.56 Å². The molecule has 0 saturated heterocycles. The predicted octanol–water partition coefficient (Wildman–Crippen LogP) is 0.00820. The molecule has 22 heavy (non-hydrogen) atoms. The number of amides is 2. The van der Waals surface area contributed by atoms with Gasteiger partial charge in [0.2, 0.25) is 0 Å². The van der Waals surface area contributed by atoms with Gasteiger partial charge in [0, 0.05) is 12.0 Å². The third-order valence-electron chi connectivity index (χ3n) is 3.08. The summed E-state index contributed by atoms with van der Waals surface area (Å²) in [7, 11) is 0. The number of rotatable bonds is 4. The van der Waals surface area contributed by atoms with E-state index < -0.39 is 34.5 Å². The minimum Gasteiger partial charge on any atom is -0.502 e. The number of aromatic nitrogens is 1. The number of hydrogen-bond acceptors (Lipinski definition) is 4. The Morgan fingerprint density at radius 3 is 2.23 bits per heavy atom. The SMILES string of the molecule is NC(=O)c1[nH]c(=O)c(O)c(C(N)=O)c1Cc1ccc(F)cc1. The highest BCUT2D eigenvalue weighted by Gasteiger charge is 2.23. The Morgan fingerprint density at radius 2 is 1.73 bits per heavy atom. The van der Waals surface area contributed by atoms with E-state index in [4.69, 9.17) is 11.5 Å². The fourth-order valence-electron chi connectivity index (χ4n) is 2.09. The second kappa shape index (κ2) is 5.68. The summed E-state index contributed by atoms with van der Waals surface area (Å²) in [5, 5.41) is 9.72. The number of aromatic hydroxyl groups is 1. The van der Waals surface area contributed by atoms with Crippen LogP contribution in [0.4, 0.5) is 4.39 Å². The average Bonchev–Trinajstić information content (AvgIpc) is 2.44. The summed E-state index contributed by atoms with van der Waals surface area (Å²) >= 11 is 0. The van der Waals surface area contributed by atoms with Crippen LogP contribution in [0.3, 0.4) is 0 Å². The van der Waals surface area contributed by atoms with Gasteiger partial charge in [0.15, 0.2) is 5.75 Å². The second-order valence-corrected chi connectivity index (χ2v) is 4.56. The number of nitrogens with one attached hydrogen (secondary N) is 1. The Labute approximate surface area is 123 Å². The largest absolute Gasteiger partial charge is 0.502 e. The van der Waals surface area contributed by atoms with E-state index >= 15 is 0 Å². The van der Waals surface area contributed by atoms with Crippen molar-refractivity contribution in [2.45, 2.75) is 6.42 Å². The zero-order valence-electron chi connectivity index (χ0n) is 11.2. The van der Waals surface area contributed by atoms with Crippen LogP contribution >= 0.6 is 0 Å². The number of hydrogen-bond donors (Lipinski definition) is 4. The Morgan fingerprint density at radius 1 is 1.14 bits per heavy atom. The minimum atomic E-state index is -1.08. The van der Waals surface area contributed by atoms with E-state index in [1.807, 2.05) is 0 Å². The monoisotopic (exact) mass is 305 g/mol. The standard InChI is InChI=1S/C14H12FN3O4/c15-7-3-1-6(2-4-7)5-8-9(12(16)20)11(19)14(22)18-10(8)13(17)21/h1-4,19H,5H2,(H2,16,20)(H2,17,21)(H,18,22). The summed E-state index contributed by atoms with van der Waals surface area (Å²) in [4.78, 5) is 36.6. The van der Waals surface area contributed by atoms with Crippen LogP contribution in [0.25, 0.3) is 0 Å². The molecule has 2 rings (SSSR count). The maximum Gasteiger partial charge on any atom is 0.291 e. The number of benzene rings is 1. The highest BCUT2D eigenvalue weighted by atomic mass is 19.1. The first-order chi connectivity index (χ1) is 10.3. The summed E-state index contributed by atoms with van der Waals surface area (Å²) in [5.74, 6) is -3.42. The van der Waals surface area contributed by atoms with Crippen LogP contribution in [0.1, 0.15) is 32.0 Å². The number of carbonyl (C=O) groups is 2. The van der Waals surface area contributed by atoms with Crippen molar-refractivity contribution in [1.82, 2.24) is 4.98 Å². The van der Waals surface area contributed by atoms with Gasteiger partial charge in [-0.05, 0) is 17.7 Å². The molecule has 1 aromatic heterocycles. The fourth-order valence-corrected chi connectivity index (χ4v) is 2.09. The van der Waals surface area contributed by atoms with Gasteiger partial charge in [-0.1, -0.05) is 12.1 Å². The molecule has 0 aliphatic carbocycles. The first kappa shape index (κ1) is 15.2. The molecule has 0 aliphatic heterocycles. The van der Waals surface area contributed by atoms with Crippen molar-refractivity contribution in [1.29, 1.82) is 0 Å². The number of halogens is 1. The van der Waals surface area contributed by atoms with Crippen LogP contribution in [-0.2, 0) is 6.42 Å². The van der Waals surface area contributed by atoms with Crippen LogP contribution < -0.4 is 17.0 Å². The third kappa shape index (κ3) is 2.80. The quantitative estimate of drug-likeness (QED) is 0.631. The average molecular weight is 305 g/mol. The molecule has 0 saturated carbocycles. The van der Waals surface area contributed by atoms with Crippen LogP contribution in [0, 0.1) is 5.82 Å². The topological polar surface area (TPSA) is 139 Å². The number of carbonyl (C=O) groups excluding carboxylic acids is 2. The second-order valence-electron chi connectivity index (χ2n) is 4.56. The number of nitrogens with two attached hydrogens (primary N) is 2. The molecule has 0 bridgehead atoms. The van der Waals surface area contributed by atoms with Crippen LogP contribution in [0.15, 0.2) is 29.1 Å². The molecule has 0 unspecified atom stereocenters. The molecular weight excluding hydrogens is 293 g/mol. The number of primary amides is 2. The summed E-state index contributed by atoms with van der Waals surface area (Å²) < 4.78 is 12.9. The summed E-state index contributed by atoms with van der Waals surface area (Å²) in [6.45, 7) is 0. The number of aromatic amines is 1. The van der Waals surface area contributed by atoms with Crippen LogP contribution in [0.2, 0.25) is 0 Å². The molecule has 0 aliphatic rings. The zero-order valence-corrected chi connectivity index (χ0v) is 11.2. The van der Waals surface area contributed by atoms with Gasteiger partial charge >= 0.3 is 0 Å². The molecule has 0 atom stereocenters.